The third-order valence-electron chi connectivity index (χ3n) is 4.65. The molecule has 0 aliphatic heterocycles. The van der Waals surface area contributed by atoms with Crippen molar-refractivity contribution in [2.75, 3.05) is 17.2 Å². The van der Waals surface area contributed by atoms with E-state index in [4.69, 9.17) is 10.5 Å². The molecule has 3 aromatic heterocycles. The predicted octanol–water partition coefficient (Wildman–Crippen LogP) is 4.55. The lowest BCUT2D eigenvalue weighted by molar-refractivity contribution is -0.141. The monoisotopic (exact) mass is 495 g/mol. The van der Waals surface area contributed by atoms with E-state index in [1.54, 1.807) is 19.1 Å². The normalized spacial score (nSPS) is 12.3. The van der Waals surface area contributed by atoms with Crippen LogP contribution in [0.25, 0.3) is 0 Å². The summed E-state index contributed by atoms with van der Waals surface area (Å²) in [6.07, 6.45) is 0.960. The summed E-state index contributed by atoms with van der Waals surface area (Å²) in [5, 5.41) is 5.86. The van der Waals surface area contributed by atoms with Crippen LogP contribution in [0.4, 0.5) is 29.7 Å². The lowest BCUT2D eigenvalue weighted by Gasteiger charge is -2.17. The maximum atomic E-state index is 12.9. The van der Waals surface area contributed by atoms with E-state index in [2.05, 4.69) is 36.9 Å². The van der Waals surface area contributed by atoms with E-state index < -0.39 is 17.8 Å². The standard InChI is InChI=1S/C21H24F3N7O2S/c1-3-4-14(7-8-25)33-17-6-5-13(9-28-17)29-19(32)18-12(2)31-34-20(18)30-16-11-26-15(10-27-16)21(22,23)24/h5-6,9-11,14H,3-4,7-8,25H2,1-2H3,(H,27,30)(H,29,32). The van der Waals surface area contributed by atoms with Gasteiger partial charge in [-0.05, 0) is 43.9 Å². The summed E-state index contributed by atoms with van der Waals surface area (Å²) >= 11 is 0.980. The second kappa shape index (κ2) is 11.2. The molecule has 3 aromatic rings. The van der Waals surface area contributed by atoms with Gasteiger partial charge in [0.15, 0.2) is 5.69 Å². The summed E-state index contributed by atoms with van der Waals surface area (Å²) in [6.45, 7) is 4.23. The molecule has 3 heterocycles. The van der Waals surface area contributed by atoms with Crippen molar-refractivity contribution < 1.29 is 22.7 Å². The Balaban J connectivity index is 1.68. The average Bonchev–Trinajstić information content (AvgIpc) is 3.15. The van der Waals surface area contributed by atoms with Crippen molar-refractivity contribution in [1.82, 2.24) is 19.3 Å². The molecule has 0 aliphatic rings. The third kappa shape index (κ3) is 6.60. The van der Waals surface area contributed by atoms with Crippen molar-refractivity contribution in [2.24, 2.45) is 5.73 Å². The van der Waals surface area contributed by atoms with Gasteiger partial charge in [0.25, 0.3) is 5.91 Å². The van der Waals surface area contributed by atoms with Crippen LogP contribution in [0.2, 0.25) is 0 Å². The lowest BCUT2D eigenvalue weighted by Crippen LogP contribution is -2.21. The molecule has 3 rings (SSSR count). The first-order valence-electron chi connectivity index (χ1n) is 10.5. The van der Waals surface area contributed by atoms with E-state index in [9.17, 15) is 18.0 Å². The Morgan fingerprint density at radius 1 is 1.18 bits per heavy atom. The van der Waals surface area contributed by atoms with Crippen LogP contribution < -0.4 is 21.1 Å². The number of aryl methyl sites for hydroxylation is 1. The van der Waals surface area contributed by atoms with Gasteiger partial charge in [-0.2, -0.15) is 17.5 Å². The Morgan fingerprint density at radius 3 is 2.56 bits per heavy atom. The van der Waals surface area contributed by atoms with Crippen LogP contribution >= 0.6 is 11.5 Å². The molecular formula is C21H24F3N7O2S. The van der Waals surface area contributed by atoms with Gasteiger partial charge in [0.2, 0.25) is 5.88 Å². The smallest absolute Gasteiger partial charge is 0.434 e. The van der Waals surface area contributed by atoms with Crippen molar-refractivity contribution in [3.63, 3.8) is 0 Å². The number of halogens is 3. The first kappa shape index (κ1) is 25.3. The summed E-state index contributed by atoms with van der Waals surface area (Å²) in [5.74, 6) is 0.0191. The van der Waals surface area contributed by atoms with Crippen LogP contribution in [0, 0.1) is 6.92 Å². The molecule has 9 nitrogen and oxygen atoms in total. The molecule has 0 bridgehead atoms. The number of carbonyl (C=O) groups is 1. The number of rotatable bonds is 10. The number of nitrogens with zero attached hydrogens (tertiary/aromatic N) is 4. The van der Waals surface area contributed by atoms with Gasteiger partial charge in [0.05, 0.1) is 35.5 Å². The van der Waals surface area contributed by atoms with Crippen LogP contribution in [0.15, 0.2) is 30.7 Å². The van der Waals surface area contributed by atoms with Gasteiger partial charge >= 0.3 is 6.18 Å². The number of hydrogen-bond donors (Lipinski definition) is 3. The quantitative estimate of drug-likeness (QED) is 0.374. The Morgan fingerprint density at radius 2 is 1.97 bits per heavy atom. The topological polar surface area (TPSA) is 128 Å². The van der Waals surface area contributed by atoms with E-state index in [1.807, 2.05) is 0 Å². The zero-order chi connectivity index (χ0) is 24.7. The molecule has 4 N–H and O–H groups in total. The minimum Gasteiger partial charge on any atom is -0.474 e. The summed E-state index contributed by atoms with van der Waals surface area (Å²) in [4.78, 5) is 24.2. The number of aromatic nitrogens is 4. The summed E-state index contributed by atoms with van der Waals surface area (Å²) in [5.41, 5.74) is 5.63. The van der Waals surface area contributed by atoms with Gasteiger partial charge < -0.3 is 21.1 Å². The first-order chi connectivity index (χ1) is 16.2. The minimum absolute atomic E-state index is 0.0237. The minimum atomic E-state index is -4.59. The molecule has 0 aliphatic carbocycles. The number of pyridine rings is 1. The SMILES string of the molecule is CCCC(CCN)Oc1ccc(NC(=O)c2c(C)nsc2Nc2cnc(C(F)(F)F)cn2)cn1. The summed E-state index contributed by atoms with van der Waals surface area (Å²) in [7, 11) is 0. The van der Waals surface area contributed by atoms with Crippen molar-refractivity contribution in [2.45, 2.75) is 45.4 Å². The molecule has 13 heteroatoms. The van der Waals surface area contributed by atoms with E-state index in [1.165, 1.54) is 6.20 Å². The van der Waals surface area contributed by atoms with Crippen molar-refractivity contribution in [3.05, 3.63) is 47.7 Å². The number of amides is 1. The zero-order valence-electron chi connectivity index (χ0n) is 18.5. The van der Waals surface area contributed by atoms with Gasteiger partial charge in [-0.1, -0.05) is 13.3 Å². The van der Waals surface area contributed by atoms with E-state index in [0.717, 1.165) is 37.0 Å². The summed E-state index contributed by atoms with van der Waals surface area (Å²) in [6, 6.07) is 3.32. The van der Waals surface area contributed by atoms with Crippen LogP contribution in [0.3, 0.4) is 0 Å². The Bertz CT molecular complexity index is 1080. The number of carbonyl (C=O) groups excluding carboxylic acids is 1. The Labute approximate surface area is 198 Å². The largest absolute Gasteiger partial charge is 0.474 e. The molecule has 0 aromatic carbocycles. The third-order valence-corrected chi connectivity index (χ3v) is 5.51. The van der Waals surface area contributed by atoms with Crippen molar-refractivity contribution in [3.8, 4) is 5.88 Å². The molecule has 0 spiro atoms. The number of alkyl halides is 3. The number of hydrogen-bond acceptors (Lipinski definition) is 9. The van der Waals surface area contributed by atoms with Gasteiger partial charge in [-0.25, -0.2) is 15.0 Å². The molecule has 0 saturated carbocycles. The molecule has 182 valence electrons. The highest BCUT2D eigenvalue weighted by atomic mass is 32.1. The number of nitrogens with two attached hydrogens (primary N) is 1. The van der Waals surface area contributed by atoms with Crippen LogP contribution in [-0.2, 0) is 6.18 Å². The first-order valence-corrected chi connectivity index (χ1v) is 11.2. The maximum Gasteiger partial charge on any atom is 0.434 e. The molecule has 0 fully saturated rings. The van der Waals surface area contributed by atoms with Gasteiger partial charge in [0, 0.05) is 6.07 Å². The summed E-state index contributed by atoms with van der Waals surface area (Å²) < 4.78 is 48.1. The highest BCUT2D eigenvalue weighted by molar-refractivity contribution is 7.10. The number of anilines is 3. The maximum absolute atomic E-state index is 12.9. The predicted molar refractivity (Wildman–Crippen MR) is 122 cm³/mol. The Hall–Kier alpha value is -3.32. The number of nitrogens with one attached hydrogen (secondary N) is 2. The van der Waals surface area contributed by atoms with Gasteiger partial charge in [0.1, 0.15) is 16.9 Å². The lowest BCUT2D eigenvalue weighted by atomic mass is 10.1. The van der Waals surface area contributed by atoms with Crippen molar-refractivity contribution >= 4 is 33.9 Å². The van der Waals surface area contributed by atoms with Crippen molar-refractivity contribution in [1.29, 1.82) is 0 Å². The fraction of sp³-hybridized carbons (Fsp3) is 0.381. The van der Waals surface area contributed by atoms with Gasteiger partial charge in [-0.15, -0.1) is 0 Å². The zero-order valence-corrected chi connectivity index (χ0v) is 19.3. The fourth-order valence-electron chi connectivity index (χ4n) is 3.04. The van der Waals surface area contributed by atoms with E-state index >= 15 is 0 Å². The fourth-order valence-corrected chi connectivity index (χ4v) is 3.84. The second-order valence-corrected chi connectivity index (χ2v) is 8.10. The molecular weight excluding hydrogens is 471 g/mol. The highest BCUT2D eigenvalue weighted by Gasteiger charge is 2.32. The van der Waals surface area contributed by atoms with Crippen LogP contribution in [-0.4, -0.2) is 37.9 Å². The van der Waals surface area contributed by atoms with E-state index in [0.29, 0.717) is 35.0 Å². The van der Waals surface area contributed by atoms with Gasteiger partial charge in [-0.3, -0.25) is 4.79 Å². The van der Waals surface area contributed by atoms with Crippen LogP contribution in [0.1, 0.15) is 47.9 Å². The van der Waals surface area contributed by atoms with E-state index in [-0.39, 0.29) is 17.5 Å². The highest BCUT2D eigenvalue weighted by Crippen LogP contribution is 2.30. The number of ether oxygens (including phenoxy) is 1. The second-order valence-electron chi connectivity index (χ2n) is 7.33. The molecule has 1 atom stereocenters. The molecule has 0 radical (unpaired) electrons. The molecule has 34 heavy (non-hydrogen) atoms. The molecule has 0 saturated heterocycles. The molecule has 1 unspecified atom stereocenters. The Kier molecular flexibility index (Phi) is 8.34. The average molecular weight is 496 g/mol. The van der Waals surface area contributed by atoms with Crippen LogP contribution in [0.5, 0.6) is 5.88 Å². The molecule has 1 amide bonds.